The first-order chi connectivity index (χ1) is 19.9. The van der Waals surface area contributed by atoms with Crippen LogP contribution in [0, 0.1) is 41.5 Å². The molecule has 1 N–H and O–H groups in total. The van der Waals surface area contributed by atoms with Crippen LogP contribution in [0.15, 0.2) is 0 Å². The predicted molar refractivity (Wildman–Crippen MR) is 219 cm³/mol. The van der Waals surface area contributed by atoms with Crippen LogP contribution in [0.25, 0.3) is 0 Å². The second-order valence-corrected chi connectivity index (χ2v) is 20.8. The third-order valence-corrected chi connectivity index (χ3v) is 14.2. The van der Waals surface area contributed by atoms with E-state index in [1.807, 2.05) is 0 Å². The zero-order chi connectivity index (χ0) is 31.0. The van der Waals surface area contributed by atoms with Crippen LogP contribution in [0.5, 0.6) is 0 Å². The Balaban J connectivity index is -0.000000233. The van der Waals surface area contributed by atoms with Crippen LogP contribution in [0.2, 0.25) is 0 Å². The van der Waals surface area contributed by atoms with E-state index in [2.05, 4.69) is 46.4 Å². The molecule has 0 spiro atoms. The molecule has 8 heteroatoms. The van der Waals surface area contributed by atoms with Crippen LogP contribution < -0.4 is 0 Å². The molecule has 4 saturated carbocycles. The van der Waals surface area contributed by atoms with Crippen molar-refractivity contribution in [3.8, 4) is 0 Å². The van der Waals surface area contributed by atoms with Crippen molar-refractivity contribution in [3.05, 3.63) is 29.7 Å². The van der Waals surface area contributed by atoms with Crippen LogP contribution in [0.4, 0.5) is 0 Å². The van der Waals surface area contributed by atoms with Crippen molar-refractivity contribution in [1.82, 2.24) is 4.90 Å². The summed E-state index contributed by atoms with van der Waals surface area (Å²) in [6.45, 7) is 16.3. The minimum absolute atomic E-state index is 0. The number of aliphatic hydroxyl groups is 1. The summed E-state index contributed by atoms with van der Waals surface area (Å²) < 4.78 is 25.5. The van der Waals surface area contributed by atoms with E-state index in [1.54, 1.807) is 0 Å². The number of hydrogen-bond acceptors (Lipinski definition) is 4. The second-order valence-electron chi connectivity index (χ2n) is 15.9. The average molecular weight is 818 g/mol. The molecule has 0 aliphatic heterocycles. The monoisotopic (exact) mass is 817 g/mol. The summed E-state index contributed by atoms with van der Waals surface area (Å²) in [6.07, 6.45) is 26.2. The van der Waals surface area contributed by atoms with Gasteiger partial charge in [-0.3, -0.25) is 8.42 Å². The largest absolute Gasteiger partial charge is 2.00 e. The van der Waals surface area contributed by atoms with E-state index >= 15 is 0 Å². The normalized spacial score (nSPS) is 23.8. The van der Waals surface area contributed by atoms with Gasteiger partial charge in [0.1, 0.15) is 0 Å². The van der Waals surface area contributed by atoms with Gasteiger partial charge in [-0.15, -0.1) is 0 Å². The summed E-state index contributed by atoms with van der Waals surface area (Å²) in [5.74, 6) is 1.31. The maximum absolute atomic E-state index is 12.9. The van der Waals surface area contributed by atoms with Crippen LogP contribution in [0.3, 0.4) is 0 Å². The Morgan fingerprint density at radius 2 is 0.857 bits per heavy atom. The van der Waals surface area contributed by atoms with Gasteiger partial charge in [0, 0.05) is 61.3 Å². The first-order valence-corrected chi connectivity index (χ1v) is 20.5. The SMILES string of the molecule is C.C1CCCC1.C1CCCC1.CC(C)(C)S(=O)C1CCC(CN(CCCCCCO)CC2CCC(S(=O)C(C)(C)C)C2)C1.[CH3-].[CH3-].[CH3-].[CH3-].[Fe+2].[Fe+2]. The fourth-order valence-corrected chi connectivity index (χ4v) is 10.9. The minimum atomic E-state index is -0.756. The van der Waals surface area contributed by atoms with E-state index in [0.29, 0.717) is 28.9 Å². The molecule has 4 fully saturated rings. The molecule has 6 unspecified atom stereocenters. The zero-order valence-corrected chi connectivity index (χ0v) is 37.4. The first-order valence-electron chi connectivity index (χ1n) is 18.1. The first kappa shape index (κ1) is 62.3. The summed E-state index contributed by atoms with van der Waals surface area (Å²) in [5, 5.41) is 9.76. The fraction of sp³-hybridized carbons (Fsp3) is 0.902. The van der Waals surface area contributed by atoms with Crippen molar-refractivity contribution in [2.75, 3.05) is 26.2 Å². The third-order valence-electron chi connectivity index (χ3n) is 9.71. The molecule has 4 nitrogen and oxygen atoms in total. The fourth-order valence-electron chi connectivity index (χ4n) is 7.33. The summed E-state index contributed by atoms with van der Waals surface area (Å²) in [5.41, 5.74) is 0. The quantitative estimate of drug-likeness (QED) is 0.121. The molecule has 4 rings (SSSR count). The van der Waals surface area contributed by atoms with Gasteiger partial charge >= 0.3 is 34.1 Å². The van der Waals surface area contributed by atoms with E-state index in [9.17, 15) is 8.42 Å². The van der Waals surface area contributed by atoms with Gasteiger partial charge in [0.25, 0.3) is 0 Å². The van der Waals surface area contributed by atoms with Crippen molar-refractivity contribution in [1.29, 1.82) is 0 Å². The molecule has 4 aliphatic rings. The minimum Gasteiger partial charge on any atom is -0.396 e. The zero-order valence-electron chi connectivity index (χ0n) is 33.5. The molecule has 0 heterocycles. The number of unbranched alkanes of at least 4 members (excludes halogenated alkanes) is 3. The molecule has 0 amide bonds. The molecule has 0 saturated heterocycles. The van der Waals surface area contributed by atoms with Crippen LogP contribution in [0.1, 0.15) is 177 Å². The summed E-state index contributed by atoms with van der Waals surface area (Å²) in [6, 6.07) is 0. The average Bonchev–Trinajstić information content (AvgIpc) is 3.76. The number of aliphatic hydroxyl groups excluding tert-OH is 1. The maximum Gasteiger partial charge on any atom is 2.00 e. The summed E-state index contributed by atoms with van der Waals surface area (Å²) in [7, 11) is -1.51. The molecule has 0 aromatic heterocycles. The molecule has 0 aromatic carbocycles. The molecule has 302 valence electrons. The Kier molecular flexibility index (Phi) is 42.9. The number of nitrogens with zero attached hydrogens (tertiary/aromatic N) is 1. The molecule has 0 radical (unpaired) electrons. The Morgan fingerprint density at radius 1 is 0.551 bits per heavy atom. The molecular weight excluding hydrogens is 730 g/mol. The van der Waals surface area contributed by atoms with Crippen LogP contribution >= 0.6 is 0 Å². The Labute approximate surface area is 337 Å². The van der Waals surface area contributed by atoms with Gasteiger partial charge in [0.05, 0.1) is 0 Å². The molecule has 4 aliphatic carbocycles. The maximum atomic E-state index is 12.9. The van der Waals surface area contributed by atoms with Gasteiger partial charge in [-0.25, -0.2) is 0 Å². The topological polar surface area (TPSA) is 57.6 Å². The molecular formula is C41H87Fe2NO3S2. The Hall–Kier alpha value is 1.26. The number of rotatable bonds is 12. The van der Waals surface area contributed by atoms with Crippen molar-refractivity contribution < 1.29 is 47.7 Å². The van der Waals surface area contributed by atoms with Gasteiger partial charge in [0.2, 0.25) is 0 Å². The smallest absolute Gasteiger partial charge is 0.396 e. The van der Waals surface area contributed by atoms with Crippen LogP contribution in [-0.2, 0) is 55.7 Å². The van der Waals surface area contributed by atoms with E-state index in [0.717, 1.165) is 58.2 Å². The summed E-state index contributed by atoms with van der Waals surface area (Å²) in [4.78, 5) is 2.68. The van der Waals surface area contributed by atoms with Crippen molar-refractivity contribution in [2.24, 2.45) is 11.8 Å². The van der Waals surface area contributed by atoms with Crippen molar-refractivity contribution >= 4 is 21.6 Å². The molecule has 0 bridgehead atoms. The van der Waals surface area contributed by atoms with E-state index in [4.69, 9.17) is 5.11 Å². The van der Waals surface area contributed by atoms with Gasteiger partial charge in [-0.2, -0.15) is 0 Å². The standard InChI is InChI=1S/C26H51NO3S2.2C5H10.CH4.4CH3.2Fe/c1-25(2,3)31(29)23-13-11-21(17-23)19-27(15-9-7-8-10-16-28)20-22-12-14-24(18-22)32(30)26(4,5)6;2*1-2-4-5-3-1;;;;;;;/h21-24,28H,7-20H2,1-6H3;2*1-5H2;1H4;4*1H3;;/q;;;;4*-1;2*+2. The van der Waals surface area contributed by atoms with Crippen molar-refractivity contribution in [3.63, 3.8) is 0 Å². The Bertz CT molecular complexity index is 694. The van der Waals surface area contributed by atoms with E-state index in [-0.39, 0.29) is 80.8 Å². The van der Waals surface area contributed by atoms with Crippen molar-refractivity contribution in [2.45, 2.75) is 197 Å². The second kappa shape index (κ2) is 33.8. The third kappa shape index (κ3) is 26.6. The molecule has 6 atom stereocenters. The summed E-state index contributed by atoms with van der Waals surface area (Å²) >= 11 is 0. The van der Waals surface area contributed by atoms with Gasteiger partial charge in [0.15, 0.2) is 0 Å². The van der Waals surface area contributed by atoms with Crippen LogP contribution in [-0.4, -0.2) is 64.7 Å². The molecule has 0 aromatic rings. The predicted octanol–water partition coefficient (Wildman–Crippen LogP) is 11.6. The van der Waals surface area contributed by atoms with E-state index < -0.39 is 21.6 Å². The van der Waals surface area contributed by atoms with Gasteiger partial charge in [-0.05, 0) is 111 Å². The van der Waals surface area contributed by atoms with Gasteiger partial charge in [-0.1, -0.05) is 84.5 Å². The number of hydrogen-bond donors (Lipinski definition) is 1. The van der Waals surface area contributed by atoms with Gasteiger partial charge < -0.3 is 39.7 Å². The Morgan fingerprint density at radius 3 is 1.14 bits per heavy atom. The van der Waals surface area contributed by atoms with E-state index in [1.165, 1.54) is 89.9 Å². The molecule has 49 heavy (non-hydrogen) atoms.